The quantitative estimate of drug-likeness (QED) is 0.765. The van der Waals surface area contributed by atoms with E-state index in [-0.39, 0.29) is 11.8 Å². The Morgan fingerprint density at radius 1 is 1.36 bits per heavy atom. The number of halogens is 1. The number of amides is 2. The van der Waals surface area contributed by atoms with Crippen molar-refractivity contribution in [3.05, 3.63) is 70.7 Å². The van der Waals surface area contributed by atoms with E-state index in [4.69, 9.17) is 11.6 Å². The molecule has 5 nitrogen and oxygen atoms in total. The fraction of sp³-hybridized carbons (Fsp3) is 0.318. The molecule has 146 valence electrons. The first kappa shape index (κ1) is 20.1. The van der Waals surface area contributed by atoms with Crippen LogP contribution in [-0.4, -0.2) is 34.8 Å². The smallest absolute Gasteiger partial charge is 0.253 e. The molecule has 0 saturated carbocycles. The van der Waals surface area contributed by atoms with E-state index in [1.54, 1.807) is 19.4 Å². The van der Waals surface area contributed by atoms with Gasteiger partial charge in [-0.3, -0.25) is 14.6 Å². The van der Waals surface area contributed by atoms with Crippen LogP contribution in [-0.2, 0) is 9.59 Å². The SMILES string of the molecule is CC=C(C=CCC[C@H]1NC(=O)C2=CCCC(Cl)=C2N(C)C1=O)c1ccncc1. The van der Waals surface area contributed by atoms with Crippen molar-refractivity contribution in [1.29, 1.82) is 0 Å². The molecule has 1 N–H and O–H groups in total. The fourth-order valence-electron chi connectivity index (χ4n) is 3.48. The molecule has 0 unspecified atom stereocenters. The van der Waals surface area contributed by atoms with Gasteiger partial charge in [0.05, 0.1) is 11.3 Å². The van der Waals surface area contributed by atoms with Crippen molar-refractivity contribution in [1.82, 2.24) is 15.2 Å². The van der Waals surface area contributed by atoms with E-state index >= 15 is 0 Å². The number of nitrogens with zero attached hydrogens (tertiary/aromatic N) is 2. The highest BCUT2D eigenvalue weighted by Gasteiger charge is 2.35. The minimum absolute atomic E-state index is 0.138. The van der Waals surface area contributed by atoms with Crippen molar-refractivity contribution >= 4 is 29.0 Å². The topological polar surface area (TPSA) is 62.3 Å². The van der Waals surface area contributed by atoms with Gasteiger partial charge in [-0.1, -0.05) is 35.9 Å². The summed E-state index contributed by atoms with van der Waals surface area (Å²) < 4.78 is 0. The highest BCUT2D eigenvalue weighted by molar-refractivity contribution is 6.31. The molecule has 28 heavy (non-hydrogen) atoms. The number of fused-ring (bicyclic) bond motifs is 1. The van der Waals surface area contributed by atoms with Gasteiger partial charge in [-0.05, 0) is 55.9 Å². The molecule has 0 aromatic carbocycles. The van der Waals surface area contributed by atoms with Crippen LogP contribution in [0.3, 0.4) is 0 Å². The molecule has 6 heteroatoms. The van der Waals surface area contributed by atoms with Crippen LogP contribution in [0.2, 0.25) is 0 Å². The summed E-state index contributed by atoms with van der Waals surface area (Å²) in [4.78, 5) is 31.0. The standard InChI is InChI=1S/C22H24ClN3O2/c1-3-15(16-11-13-24-14-12-16)7-4-5-10-19-22(28)26(2)20-17(21(27)25-19)8-6-9-18(20)23/h3-4,7-8,11-14,19H,5-6,9-10H2,1-2H3,(H,25,27)/t19-/m1/s1. The summed E-state index contributed by atoms with van der Waals surface area (Å²) >= 11 is 6.31. The molecule has 1 fully saturated rings. The minimum atomic E-state index is -0.569. The highest BCUT2D eigenvalue weighted by Crippen LogP contribution is 2.32. The van der Waals surface area contributed by atoms with Gasteiger partial charge in [0.15, 0.2) is 0 Å². The third-order valence-electron chi connectivity index (χ3n) is 4.98. The van der Waals surface area contributed by atoms with Crippen LogP contribution >= 0.6 is 11.6 Å². The van der Waals surface area contributed by atoms with Gasteiger partial charge >= 0.3 is 0 Å². The molecule has 1 saturated heterocycles. The van der Waals surface area contributed by atoms with E-state index in [1.807, 2.05) is 43.4 Å². The molecule has 1 aromatic heterocycles. The van der Waals surface area contributed by atoms with Gasteiger partial charge in [0.25, 0.3) is 5.91 Å². The number of pyridine rings is 1. The number of allylic oxidation sites excluding steroid dienone is 6. The Labute approximate surface area is 170 Å². The first-order valence-electron chi connectivity index (χ1n) is 9.43. The van der Waals surface area contributed by atoms with Gasteiger partial charge < -0.3 is 10.2 Å². The molecule has 1 aliphatic carbocycles. The second-order valence-electron chi connectivity index (χ2n) is 6.79. The van der Waals surface area contributed by atoms with E-state index in [9.17, 15) is 9.59 Å². The molecular weight excluding hydrogens is 374 g/mol. The van der Waals surface area contributed by atoms with Gasteiger partial charge in [0, 0.05) is 24.5 Å². The lowest BCUT2D eigenvalue weighted by atomic mass is 10.0. The Morgan fingerprint density at radius 2 is 2.11 bits per heavy atom. The normalized spacial score (nSPS) is 20.8. The van der Waals surface area contributed by atoms with Crippen LogP contribution in [0.4, 0.5) is 0 Å². The van der Waals surface area contributed by atoms with Crippen molar-refractivity contribution in [3.63, 3.8) is 0 Å². The Hall–Kier alpha value is -2.66. The molecule has 0 bridgehead atoms. The molecule has 2 aliphatic rings. The van der Waals surface area contributed by atoms with Crippen molar-refractivity contribution < 1.29 is 9.59 Å². The third-order valence-corrected chi connectivity index (χ3v) is 5.35. The van der Waals surface area contributed by atoms with Crippen molar-refractivity contribution in [2.75, 3.05) is 7.05 Å². The van der Waals surface area contributed by atoms with Gasteiger partial charge in [-0.2, -0.15) is 0 Å². The van der Waals surface area contributed by atoms with Crippen molar-refractivity contribution in [3.8, 4) is 0 Å². The van der Waals surface area contributed by atoms with Crippen LogP contribution in [0.5, 0.6) is 0 Å². The summed E-state index contributed by atoms with van der Waals surface area (Å²) in [7, 11) is 1.68. The maximum absolute atomic E-state index is 12.8. The lowest BCUT2D eigenvalue weighted by Gasteiger charge is -2.24. The zero-order chi connectivity index (χ0) is 20.1. The molecule has 2 heterocycles. The maximum atomic E-state index is 12.8. The van der Waals surface area contributed by atoms with Crippen LogP contribution in [0, 0.1) is 0 Å². The summed E-state index contributed by atoms with van der Waals surface area (Å²) in [5, 5.41) is 3.43. The number of likely N-dealkylation sites (N-methyl/N-ethyl adjacent to an activating group) is 1. The zero-order valence-electron chi connectivity index (χ0n) is 16.1. The molecule has 2 amide bonds. The monoisotopic (exact) mass is 397 g/mol. The number of nitrogens with one attached hydrogen (secondary N) is 1. The second kappa shape index (κ2) is 9.02. The average molecular weight is 398 g/mol. The van der Waals surface area contributed by atoms with Crippen LogP contribution in [0.15, 0.2) is 65.1 Å². The third kappa shape index (κ3) is 4.25. The Balaban J connectivity index is 1.69. The predicted octanol–water partition coefficient (Wildman–Crippen LogP) is 3.95. The summed E-state index contributed by atoms with van der Waals surface area (Å²) in [5.41, 5.74) is 3.22. The van der Waals surface area contributed by atoms with Crippen molar-refractivity contribution in [2.24, 2.45) is 0 Å². The van der Waals surface area contributed by atoms with Crippen LogP contribution in [0.25, 0.3) is 5.57 Å². The largest absolute Gasteiger partial charge is 0.340 e. The molecule has 0 spiro atoms. The summed E-state index contributed by atoms with van der Waals surface area (Å²) in [6.45, 7) is 1.98. The molecule has 0 radical (unpaired) electrons. The molecule has 1 aliphatic heterocycles. The molecule has 3 rings (SSSR count). The predicted molar refractivity (Wildman–Crippen MR) is 111 cm³/mol. The highest BCUT2D eigenvalue weighted by atomic mass is 35.5. The zero-order valence-corrected chi connectivity index (χ0v) is 16.9. The number of aromatic nitrogens is 1. The molecule has 1 aromatic rings. The fourth-order valence-corrected chi connectivity index (χ4v) is 3.82. The van der Waals surface area contributed by atoms with Gasteiger partial charge in [0.1, 0.15) is 6.04 Å². The van der Waals surface area contributed by atoms with Crippen LogP contribution in [0.1, 0.15) is 38.2 Å². The maximum Gasteiger partial charge on any atom is 0.253 e. The number of carbonyl (C=O) groups excluding carboxylic acids is 2. The van der Waals surface area contributed by atoms with Gasteiger partial charge in [-0.25, -0.2) is 0 Å². The van der Waals surface area contributed by atoms with Crippen molar-refractivity contribution in [2.45, 2.75) is 38.6 Å². The van der Waals surface area contributed by atoms with Gasteiger partial charge in [0.2, 0.25) is 5.91 Å². The Morgan fingerprint density at radius 3 is 2.82 bits per heavy atom. The van der Waals surface area contributed by atoms with E-state index < -0.39 is 6.04 Å². The lowest BCUT2D eigenvalue weighted by molar-refractivity contribution is -0.131. The number of hydrogen-bond donors (Lipinski definition) is 1. The number of hydrogen-bond acceptors (Lipinski definition) is 3. The van der Waals surface area contributed by atoms with Crippen LogP contribution < -0.4 is 5.32 Å². The van der Waals surface area contributed by atoms with E-state index in [2.05, 4.69) is 10.3 Å². The lowest BCUT2D eigenvalue weighted by Crippen LogP contribution is -2.43. The van der Waals surface area contributed by atoms with E-state index in [0.29, 0.717) is 42.0 Å². The Bertz CT molecular complexity index is 884. The molecular formula is C22H24ClN3O2. The first-order valence-corrected chi connectivity index (χ1v) is 9.81. The summed E-state index contributed by atoms with van der Waals surface area (Å²) in [6.07, 6.45) is 14.0. The average Bonchev–Trinajstić information content (AvgIpc) is 2.80. The minimum Gasteiger partial charge on any atom is -0.340 e. The van der Waals surface area contributed by atoms with E-state index in [0.717, 1.165) is 11.1 Å². The summed E-state index contributed by atoms with van der Waals surface area (Å²) in [5.74, 6) is -0.369. The molecule has 1 atom stereocenters. The summed E-state index contributed by atoms with van der Waals surface area (Å²) in [6, 6.07) is 3.34. The Kier molecular flexibility index (Phi) is 6.47. The second-order valence-corrected chi connectivity index (χ2v) is 7.25. The number of carbonyl (C=O) groups is 2. The van der Waals surface area contributed by atoms with E-state index in [1.165, 1.54) is 4.90 Å². The first-order chi connectivity index (χ1) is 13.5. The van der Waals surface area contributed by atoms with Gasteiger partial charge in [-0.15, -0.1) is 0 Å². The number of rotatable bonds is 5.